The van der Waals surface area contributed by atoms with Crippen LogP contribution >= 0.6 is 11.3 Å². The highest BCUT2D eigenvalue weighted by molar-refractivity contribution is 7.91. The Labute approximate surface area is 110 Å². The van der Waals surface area contributed by atoms with Gasteiger partial charge in [-0.3, -0.25) is 4.79 Å². The molecule has 2 atom stereocenters. The van der Waals surface area contributed by atoms with E-state index in [9.17, 15) is 13.2 Å². The van der Waals surface area contributed by atoms with Gasteiger partial charge in [-0.25, -0.2) is 13.1 Å². The molecule has 0 saturated heterocycles. The van der Waals surface area contributed by atoms with Gasteiger partial charge < -0.3 is 5.11 Å². The van der Waals surface area contributed by atoms with Crippen LogP contribution in [0.4, 0.5) is 0 Å². The first-order valence-electron chi connectivity index (χ1n) is 5.75. The summed E-state index contributed by atoms with van der Waals surface area (Å²) in [7, 11) is -3.43. The number of carboxylic acids is 1. The molecule has 0 radical (unpaired) electrons. The lowest BCUT2D eigenvalue weighted by molar-refractivity contribution is -0.138. The van der Waals surface area contributed by atoms with Crippen molar-refractivity contribution in [2.45, 2.75) is 35.9 Å². The van der Waals surface area contributed by atoms with Gasteiger partial charge in [-0.05, 0) is 36.6 Å². The SMILES string of the molecule is O=C(O)C[C@@H]1CC[C@H](NS(=O)(=O)c2cccs2)C1. The molecule has 1 fully saturated rings. The lowest BCUT2D eigenvalue weighted by Crippen LogP contribution is -2.32. The Balaban J connectivity index is 1.94. The summed E-state index contributed by atoms with van der Waals surface area (Å²) in [5, 5.41) is 10.4. The fraction of sp³-hybridized carbons (Fsp3) is 0.545. The van der Waals surface area contributed by atoms with Crippen molar-refractivity contribution in [1.29, 1.82) is 0 Å². The van der Waals surface area contributed by atoms with Crippen molar-refractivity contribution in [3.8, 4) is 0 Å². The quantitative estimate of drug-likeness (QED) is 0.863. The van der Waals surface area contributed by atoms with Crippen LogP contribution in [0.1, 0.15) is 25.7 Å². The Bertz CT molecular complexity index is 509. The summed E-state index contributed by atoms with van der Waals surface area (Å²) < 4.78 is 26.9. The fourth-order valence-electron chi connectivity index (χ4n) is 2.31. The largest absolute Gasteiger partial charge is 0.481 e. The topological polar surface area (TPSA) is 83.5 Å². The molecule has 5 nitrogen and oxygen atoms in total. The maximum absolute atomic E-state index is 12.0. The summed E-state index contributed by atoms with van der Waals surface area (Å²) in [5.74, 6) is -0.736. The normalized spacial score (nSPS) is 24.2. The van der Waals surface area contributed by atoms with Crippen molar-refractivity contribution in [3.05, 3.63) is 17.5 Å². The van der Waals surface area contributed by atoms with E-state index in [-0.39, 0.29) is 18.4 Å². The Morgan fingerprint density at radius 1 is 1.50 bits per heavy atom. The number of sulfonamides is 1. The number of hydrogen-bond donors (Lipinski definition) is 2. The molecule has 0 spiro atoms. The first kappa shape index (κ1) is 13.5. The first-order chi connectivity index (χ1) is 8.47. The van der Waals surface area contributed by atoms with Crippen LogP contribution in [-0.2, 0) is 14.8 Å². The number of carboxylic acid groups (broad SMARTS) is 1. The summed E-state index contributed by atoms with van der Waals surface area (Å²) >= 11 is 1.18. The van der Waals surface area contributed by atoms with Crippen LogP contribution in [-0.4, -0.2) is 25.5 Å². The number of carbonyl (C=O) groups is 1. The maximum atomic E-state index is 12.0. The van der Waals surface area contributed by atoms with E-state index < -0.39 is 16.0 Å². The van der Waals surface area contributed by atoms with Crippen LogP contribution < -0.4 is 4.72 Å². The van der Waals surface area contributed by atoms with Gasteiger partial charge in [0.15, 0.2) is 0 Å². The lowest BCUT2D eigenvalue weighted by atomic mass is 10.0. The van der Waals surface area contributed by atoms with E-state index in [1.165, 1.54) is 11.3 Å². The van der Waals surface area contributed by atoms with E-state index in [1.807, 2.05) is 0 Å². The number of hydrogen-bond acceptors (Lipinski definition) is 4. The van der Waals surface area contributed by atoms with Gasteiger partial charge in [0, 0.05) is 12.5 Å². The summed E-state index contributed by atoms with van der Waals surface area (Å²) in [6, 6.07) is 3.12. The molecule has 1 aliphatic carbocycles. The van der Waals surface area contributed by atoms with Gasteiger partial charge in [-0.1, -0.05) is 6.07 Å². The number of rotatable bonds is 5. The highest BCUT2D eigenvalue weighted by Gasteiger charge is 2.30. The van der Waals surface area contributed by atoms with Gasteiger partial charge >= 0.3 is 5.97 Å². The van der Waals surface area contributed by atoms with Crippen LogP contribution in [0.3, 0.4) is 0 Å². The molecule has 1 saturated carbocycles. The van der Waals surface area contributed by atoms with E-state index in [0.29, 0.717) is 17.1 Å². The molecule has 0 bridgehead atoms. The highest BCUT2D eigenvalue weighted by Crippen LogP contribution is 2.29. The minimum atomic E-state index is -3.43. The second-order valence-corrected chi connectivity index (χ2v) is 7.42. The molecule has 18 heavy (non-hydrogen) atoms. The third-order valence-corrected chi connectivity index (χ3v) is 6.00. The zero-order valence-electron chi connectivity index (χ0n) is 9.70. The second-order valence-electron chi connectivity index (χ2n) is 4.53. The number of nitrogens with one attached hydrogen (secondary N) is 1. The zero-order chi connectivity index (χ0) is 13.2. The van der Waals surface area contributed by atoms with E-state index in [4.69, 9.17) is 5.11 Å². The number of thiophene rings is 1. The minimum absolute atomic E-state index is 0.0820. The molecule has 1 aromatic heterocycles. The van der Waals surface area contributed by atoms with Crippen molar-refractivity contribution < 1.29 is 18.3 Å². The monoisotopic (exact) mass is 289 g/mol. The summed E-state index contributed by atoms with van der Waals surface area (Å²) in [5.41, 5.74) is 0. The van der Waals surface area contributed by atoms with E-state index in [2.05, 4.69) is 4.72 Å². The van der Waals surface area contributed by atoms with Crippen molar-refractivity contribution in [2.24, 2.45) is 5.92 Å². The van der Waals surface area contributed by atoms with E-state index in [0.717, 1.165) is 6.42 Å². The summed E-state index contributed by atoms with van der Waals surface area (Å²) in [6.45, 7) is 0. The van der Waals surface area contributed by atoms with Gasteiger partial charge in [0.05, 0.1) is 0 Å². The second kappa shape index (κ2) is 5.38. The molecule has 0 aromatic carbocycles. The lowest BCUT2D eigenvalue weighted by Gasteiger charge is -2.12. The molecule has 2 N–H and O–H groups in total. The van der Waals surface area contributed by atoms with Crippen molar-refractivity contribution >= 4 is 27.3 Å². The third-order valence-electron chi connectivity index (χ3n) is 3.09. The molecule has 1 aromatic rings. The van der Waals surface area contributed by atoms with Gasteiger partial charge in [0.1, 0.15) is 4.21 Å². The molecule has 1 aliphatic rings. The van der Waals surface area contributed by atoms with Gasteiger partial charge in [-0.2, -0.15) is 0 Å². The number of aliphatic carboxylic acids is 1. The van der Waals surface area contributed by atoms with Crippen molar-refractivity contribution in [1.82, 2.24) is 4.72 Å². The Hall–Kier alpha value is -0.920. The molecule has 0 amide bonds. The molecule has 0 aliphatic heterocycles. The average Bonchev–Trinajstić information content (AvgIpc) is 2.87. The first-order valence-corrected chi connectivity index (χ1v) is 8.11. The van der Waals surface area contributed by atoms with Crippen molar-refractivity contribution in [2.75, 3.05) is 0 Å². The van der Waals surface area contributed by atoms with Gasteiger partial charge in [-0.15, -0.1) is 11.3 Å². The summed E-state index contributed by atoms with van der Waals surface area (Å²) in [4.78, 5) is 10.6. The molecule has 2 rings (SSSR count). The van der Waals surface area contributed by atoms with Crippen molar-refractivity contribution in [3.63, 3.8) is 0 Å². The maximum Gasteiger partial charge on any atom is 0.303 e. The Morgan fingerprint density at radius 2 is 2.28 bits per heavy atom. The molecule has 7 heteroatoms. The van der Waals surface area contributed by atoms with Crippen LogP contribution in [0.5, 0.6) is 0 Å². The van der Waals surface area contributed by atoms with Crippen LogP contribution in [0, 0.1) is 5.92 Å². The van der Waals surface area contributed by atoms with Crippen LogP contribution in [0.15, 0.2) is 21.7 Å². The summed E-state index contributed by atoms with van der Waals surface area (Å²) in [6.07, 6.45) is 2.21. The standard InChI is InChI=1S/C11H15NO4S2/c13-10(14)7-8-3-4-9(6-8)12-18(15,16)11-2-1-5-17-11/h1-2,5,8-9,12H,3-4,6-7H2,(H,13,14)/t8-,9+/m1/s1. The highest BCUT2D eigenvalue weighted by atomic mass is 32.2. The van der Waals surface area contributed by atoms with Crippen LogP contribution in [0.25, 0.3) is 0 Å². The van der Waals surface area contributed by atoms with E-state index in [1.54, 1.807) is 17.5 Å². The molecule has 0 unspecified atom stereocenters. The Morgan fingerprint density at radius 3 is 2.89 bits per heavy atom. The predicted molar refractivity (Wildman–Crippen MR) is 68.0 cm³/mol. The molecular formula is C11H15NO4S2. The smallest absolute Gasteiger partial charge is 0.303 e. The predicted octanol–water partition coefficient (Wildman–Crippen LogP) is 1.67. The van der Waals surface area contributed by atoms with Crippen LogP contribution in [0.2, 0.25) is 0 Å². The van der Waals surface area contributed by atoms with Gasteiger partial charge in [0.2, 0.25) is 10.0 Å². The average molecular weight is 289 g/mol. The van der Waals surface area contributed by atoms with E-state index >= 15 is 0 Å². The minimum Gasteiger partial charge on any atom is -0.481 e. The zero-order valence-corrected chi connectivity index (χ0v) is 11.3. The molecular weight excluding hydrogens is 274 g/mol. The fourth-order valence-corrected chi connectivity index (χ4v) is 4.60. The Kier molecular flexibility index (Phi) is 4.04. The third kappa shape index (κ3) is 3.30. The molecule has 100 valence electrons. The van der Waals surface area contributed by atoms with Gasteiger partial charge in [0.25, 0.3) is 0 Å². The molecule has 1 heterocycles.